The highest BCUT2D eigenvalue weighted by atomic mass is 127. The first-order valence-corrected chi connectivity index (χ1v) is 9.97. The first kappa shape index (κ1) is 25.6. The molecule has 1 aliphatic carbocycles. The molecule has 0 aliphatic heterocycles. The molecular formula is C21H34FIN4O2. The summed E-state index contributed by atoms with van der Waals surface area (Å²) in [5, 5.41) is 9.42. The molecule has 1 saturated carbocycles. The molecule has 0 saturated heterocycles. The number of aryl methyl sites for hydroxylation is 1. The molecule has 3 N–H and O–H groups in total. The van der Waals surface area contributed by atoms with Gasteiger partial charge in [-0.2, -0.15) is 0 Å². The van der Waals surface area contributed by atoms with E-state index in [0.29, 0.717) is 24.2 Å². The van der Waals surface area contributed by atoms with Crippen LogP contribution < -0.4 is 16.0 Å². The monoisotopic (exact) mass is 520 g/mol. The van der Waals surface area contributed by atoms with Crippen LogP contribution in [0.15, 0.2) is 23.2 Å². The number of aliphatic imine (C=N–C) groups is 1. The van der Waals surface area contributed by atoms with Crippen molar-refractivity contribution in [1.29, 1.82) is 0 Å². The highest BCUT2D eigenvalue weighted by Crippen LogP contribution is 2.40. The third-order valence-electron chi connectivity index (χ3n) is 5.49. The van der Waals surface area contributed by atoms with Crippen LogP contribution in [0.5, 0.6) is 0 Å². The Labute approximate surface area is 190 Å². The van der Waals surface area contributed by atoms with Gasteiger partial charge in [-0.1, -0.05) is 18.9 Å². The number of carbonyl (C=O) groups is 1. The van der Waals surface area contributed by atoms with E-state index in [0.717, 1.165) is 25.5 Å². The van der Waals surface area contributed by atoms with Crippen LogP contribution in [0, 0.1) is 18.2 Å². The van der Waals surface area contributed by atoms with Crippen molar-refractivity contribution in [2.75, 3.05) is 40.4 Å². The van der Waals surface area contributed by atoms with Gasteiger partial charge < -0.3 is 20.7 Å². The Hall–Kier alpha value is -1.42. The number of guanidine groups is 1. The Morgan fingerprint density at radius 3 is 2.52 bits per heavy atom. The molecule has 2 rings (SSSR count). The SMILES string of the molecule is CN=C(NCCNC(=O)c1ccc(C)c(F)c1)NCC1(CCOC)CCCC1.I. The van der Waals surface area contributed by atoms with Gasteiger partial charge in [-0.05, 0) is 49.3 Å². The number of hydrogen-bond acceptors (Lipinski definition) is 3. The summed E-state index contributed by atoms with van der Waals surface area (Å²) in [7, 11) is 3.48. The van der Waals surface area contributed by atoms with E-state index >= 15 is 0 Å². The minimum atomic E-state index is -0.371. The van der Waals surface area contributed by atoms with Crippen molar-refractivity contribution in [3.05, 3.63) is 35.1 Å². The summed E-state index contributed by atoms with van der Waals surface area (Å²) in [5.74, 6) is 0.0668. The van der Waals surface area contributed by atoms with Crippen molar-refractivity contribution in [2.24, 2.45) is 10.4 Å². The van der Waals surface area contributed by atoms with Crippen LogP contribution in [0.3, 0.4) is 0 Å². The number of halogens is 2. The number of amides is 1. The highest BCUT2D eigenvalue weighted by molar-refractivity contribution is 14.0. The number of methoxy groups -OCH3 is 1. The lowest BCUT2D eigenvalue weighted by molar-refractivity contribution is 0.0954. The lowest BCUT2D eigenvalue weighted by Crippen LogP contribution is -2.45. The van der Waals surface area contributed by atoms with Gasteiger partial charge in [-0.25, -0.2) is 4.39 Å². The van der Waals surface area contributed by atoms with Crippen LogP contribution in [0.1, 0.15) is 48.0 Å². The summed E-state index contributed by atoms with van der Waals surface area (Å²) >= 11 is 0. The second-order valence-electron chi connectivity index (χ2n) is 7.52. The van der Waals surface area contributed by atoms with E-state index in [-0.39, 0.29) is 41.1 Å². The minimum absolute atomic E-state index is 0. The molecular weight excluding hydrogens is 486 g/mol. The molecule has 1 fully saturated rings. The Kier molecular flexibility index (Phi) is 11.5. The summed E-state index contributed by atoms with van der Waals surface area (Å²) in [5.41, 5.74) is 1.13. The molecule has 0 radical (unpaired) electrons. The van der Waals surface area contributed by atoms with Gasteiger partial charge in [-0.15, -0.1) is 24.0 Å². The average molecular weight is 520 g/mol. The average Bonchev–Trinajstić information content (AvgIpc) is 3.17. The fraction of sp³-hybridized carbons (Fsp3) is 0.619. The molecule has 1 aliphatic rings. The second-order valence-corrected chi connectivity index (χ2v) is 7.52. The Balaban J connectivity index is 0.00000420. The van der Waals surface area contributed by atoms with Crippen molar-refractivity contribution < 1.29 is 13.9 Å². The summed E-state index contributed by atoms with van der Waals surface area (Å²) < 4.78 is 18.9. The maximum absolute atomic E-state index is 13.6. The number of ether oxygens (including phenoxy) is 1. The summed E-state index contributed by atoms with van der Waals surface area (Å²) in [6, 6.07) is 4.50. The Morgan fingerprint density at radius 1 is 1.21 bits per heavy atom. The van der Waals surface area contributed by atoms with Gasteiger partial charge in [0.05, 0.1) is 0 Å². The molecule has 0 bridgehead atoms. The van der Waals surface area contributed by atoms with E-state index in [1.807, 2.05) is 0 Å². The molecule has 1 amide bonds. The molecule has 29 heavy (non-hydrogen) atoms. The number of nitrogens with one attached hydrogen (secondary N) is 3. The summed E-state index contributed by atoms with van der Waals surface area (Å²) in [4.78, 5) is 16.4. The topological polar surface area (TPSA) is 74.8 Å². The lowest BCUT2D eigenvalue weighted by atomic mass is 9.83. The lowest BCUT2D eigenvalue weighted by Gasteiger charge is -2.30. The standard InChI is InChI=1S/C21H33FN4O2.HI/c1-16-6-7-17(14-18(16)22)19(27)24-11-12-25-20(23-2)26-15-21(10-13-28-3)8-4-5-9-21;/h6-7,14H,4-5,8-13,15H2,1-3H3,(H,24,27)(H2,23,25,26);1H. The third-order valence-corrected chi connectivity index (χ3v) is 5.49. The number of nitrogens with zero attached hydrogens (tertiary/aromatic N) is 1. The minimum Gasteiger partial charge on any atom is -0.385 e. The predicted octanol–water partition coefficient (Wildman–Crippen LogP) is 3.24. The van der Waals surface area contributed by atoms with Crippen LogP contribution in [-0.2, 0) is 4.74 Å². The fourth-order valence-electron chi connectivity index (χ4n) is 3.64. The van der Waals surface area contributed by atoms with Crippen LogP contribution in [0.25, 0.3) is 0 Å². The molecule has 0 atom stereocenters. The van der Waals surface area contributed by atoms with E-state index in [1.165, 1.54) is 31.7 Å². The van der Waals surface area contributed by atoms with E-state index in [1.54, 1.807) is 33.2 Å². The summed E-state index contributed by atoms with van der Waals surface area (Å²) in [6.45, 7) is 4.27. The molecule has 0 heterocycles. The van der Waals surface area contributed by atoms with Gasteiger partial charge in [0, 0.05) is 46.0 Å². The maximum Gasteiger partial charge on any atom is 0.251 e. The molecule has 1 aromatic carbocycles. The number of hydrogen-bond donors (Lipinski definition) is 3. The van der Waals surface area contributed by atoms with Crippen LogP contribution in [-0.4, -0.2) is 52.3 Å². The predicted molar refractivity (Wildman–Crippen MR) is 126 cm³/mol. The summed E-state index contributed by atoms with van der Waals surface area (Å²) in [6.07, 6.45) is 6.01. The Morgan fingerprint density at radius 2 is 1.90 bits per heavy atom. The number of carbonyl (C=O) groups excluding carboxylic acids is 1. The van der Waals surface area contributed by atoms with Crippen molar-refractivity contribution >= 4 is 35.8 Å². The molecule has 0 unspecified atom stereocenters. The van der Waals surface area contributed by atoms with E-state index < -0.39 is 0 Å². The number of benzene rings is 1. The number of rotatable bonds is 9. The molecule has 1 aromatic rings. The fourth-order valence-corrected chi connectivity index (χ4v) is 3.64. The first-order chi connectivity index (χ1) is 13.5. The van der Waals surface area contributed by atoms with E-state index in [4.69, 9.17) is 4.74 Å². The molecule has 0 spiro atoms. The quantitative estimate of drug-likeness (QED) is 0.202. The molecule has 6 nitrogen and oxygen atoms in total. The molecule has 0 aromatic heterocycles. The highest BCUT2D eigenvalue weighted by Gasteiger charge is 2.33. The Bertz CT molecular complexity index is 679. The first-order valence-electron chi connectivity index (χ1n) is 9.97. The molecule has 164 valence electrons. The van der Waals surface area contributed by atoms with E-state index in [2.05, 4.69) is 20.9 Å². The van der Waals surface area contributed by atoms with Crippen molar-refractivity contribution in [3.63, 3.8) is 0 Å². The van der Waals surface area contributed by atoms with Gasteiger partial charge in [0.15, 0.2) is 5.96 Å². The van der Waals surface area contributed by atoms with Gasteiger partial charge in [0.1, 0.15) is 5.82 Å². The smallest absolute Gasteiger partial charge is 0.251 e. The van der Waals surface area contributed by atoms with E-state index in [9.17, 15) is 9.18 Å². The van der Waals surface area contributed by atoms with Crippen molar-refractivity contribution in [2.45, 2.75) is 39.0 Å². The zero-order valence-corrected chi connectivity index (χ0v) is 20.0. The van der Waals surface area contributed by atoms with Crippen molar-refractivity contribution in [1.82, 2.24) is 16.0 Å². The van der Waals surface area contributed by atoms with Gasteiger partial charge in [0.25, 0.3) is 5.91 Å². The van der Waals surface area contributed by atoms with Gasteiger partial charge in [0.2, 0.25) is 0 Å². The van der Waals surface area contributed by atoms with Crippen LogP contribution in [0.4, 0.5) is 4.39 Å². The van der Waals surface area contributed by atoms with Crippen LogP contribution >= 0.6 is 24.0 Å². The normalized spacial score (nSPS) is 15.5. The molecule has 8 heteroatoms. The zero-order chi connectivity index (χ0) is 20.4. The van der Waals surface area contributed by atoms with Crippen molar-refractivity contribution in [3.8, 4) is 0 Å². The van der Waals surface area contributed by atoms with Gasteiger partial charge in [-0.3, -0.25) is 9.79 Å². The largest absolute Gasteiger partial charge is 0.385 e. The van der Waals surface area contributed by atoms with Gasteiger partial charge >= 0.3 is 0 Å². The zero-order valence-electron chi connectivity index (χ0n) is 17.6. The third kappa shape index (κ3) is 8.08. The second kappa shape index (κ2) is 13.0. The van der Waals surface area contributed by atoms with Crippen LogP contribution in [0.2, 0.25) is 0 Å². The maximum atomic E-state index is 13.6.